The van der Waals surface area contributed by atoms with Crippen LogP contribution in [0.2, 0.25) is 5.02 Å². The maximum absolute atomic E-state index is 12.8. The number of thiazole rings is 1. The van der Waals surface area contributed by atoms with E-state index in [1.165, 1.54) is 11.3 Å². The summed E-state index contributed by atoms with van der Waals surface area (Å²) >= 11 is 7.28. The van der Waals surface area contributed by atoms with Crippen LogP contribution in [0.4, 0.5) is 10.8 Å². The standard InChI is InChI=1S/C20H26ClN5O2S/c1-20(2,3)24-17(27)12-25-8-10-26(11-9-25)18(28)16-13-29-19(23-16)22-15-6-4-14(21)5-7-15/h4-7,13H,8-12H2,1-3H3,(H,22,23)(H,24,27). The summed E-state index contributed by atoms with van der Waals surface area (Å²) in [7, 11) is 0. The zero-order valence-electron chi connectivity index (χ0n) is 16.9. The van der Waals surface area contributed by atoms with Crippen molar-refractivity contribution >= 4 is 45.6 Å². The Morgan fingerprint density at radius 3 is 2.41 bits per heavy atom. The Morgan fingerprint density at radius 1 is 1.14 bits per heavy atom. The molecule has 156 valence electrons. The number of benzene rings is 1. The number of amides is 2. The molecule has 0 radical (unpaired) electrons. The predicted octanol–water partition coefficient (Wildman–Crippen LogP) is 3.21. The van der Waals surface area contributed by atoms with Crippen LogP contribution in [0.5, 0.6) is 0 Å². The van der Waals surface area contributed by atoms with Crippen LogP contribution < -0.4 is 10.6 Å². The molecule has 2 amide bonds. The Morgan fingerprint density at radius 2 is 1.79 bits per heavy atom. The molecule has 0 unspecified atom stereocenters. The molecule has 1 aromatic heterocycles. The molecule has 1 aliphatic rings. The molecule has 1 fully saturated rings. The number of hydrogen-bond acceptors (Lipinski definition) is 6. The second kappa shape index (κ2) is 9.11. The van der Waals surface area contributed by atoms with Crippen LogP contribution in [-0.4, -0.2) is 64.9 Å². The molecule has 2 N–H and O–H groups in total. The average molecular weight is 436 g/mol. The predicted molar refractivity (Wildman–Crippen MR) is 117 cm³/mol. The van der Waals surface area contributed by atoms with Crippen molar-refractivity contribution in [3.05, 3.63) is 40.4 Å². The molecule has 1 aliphatic heterocycles. The van der Waals surface area contributed by atoms with Crippen LogP contribution in [0.15, 0.2) is 29.6 Å². The third-order valence-corrected chi connectivity index (χ3v) is 5.37. The molecule has 2 heterocycles. The van der Waals surface area contributed by atoms with Gasteiger partial charge in [-0.2, -0.15) is 0 Å². The maximum Gasteiger partial charge on any atom is 0.273 e. The fraction of sp³-hybridized carbons (Fsp3) is 0.450. The molecule has 0 atom stereocenters. The molecular weight excluding hydrogens is 410 g/mol. The minimum Gasteiger partial charge on any atom is -0.350 e. The maximum atomic E-state index is 12.8. The smallest absolute Gasteiger partial charge is 0.273 e. The van der Waals surface area contributed by atoms with Gasteiger partial charge in [-0.15, -0.1) is 11.3 Å². The lowest BCUT2D eigenvalue weighted by molar-refractivity contribution is -0.124. The van der Waals surface area contributed by atoms with Crippen molar-refractivity contribution in [3.63, 3.8) is 0 Å². The zero-order valence-corrected chi connectivity index (χ0v) is 18.4. The average Bonchev–Trinajstić information content (AvgIpc) is 3.10. The SMILES string of the molecule is CC(C)(C)NC(=O)CN1CCN(C(=O)c2csc(Nc3ccc(Cl)cc3)n2)CC1. The third kappa shape index (κ3) is 6.42. The van der Waals surface area contributed by atoms with E-state index < -0.39 is 0 Å². The molecule has 0 bridgehead atoms. The van der Waals surface area contributed by atoms with E-state index in [1.807, 2.05) is 32.9 Å². The number of aromatic nitrogens is 1. The number of nitrogens with one attached hydrogen (secondary N) is 2. The van der Waals surface area contributed by atoms with Crippen molar-refractivity contribution in [2.45, 2.75) is 26.3 Å². The number of halogens is 1. The Balaban J connectivity index is 1.50. The van der Waals surface area contributed by atoms with Gasteiger partial charge in [-0.25, -0.2) is 4.98 Å². The fourth-order valence-electron chi connectivity index (χ4n) is 3.02. The van der Waals surface area contributed by atoms with E-state index >= 15 is 0 Å². The van der Waals surface area contributed by atoms with E-state index in [1.54, 1.807) is 22.4 Å². The summed E-state index contributed by atoms with van der Waals surface area (Å²) < 4.78 is 0. The highest BCUT2D eigenvalue weighted by molar-refractivity contribution is 7.14. The molecule has 3 rings (SSSR count). The summed E-state index contributed by atoms with van der Waals surface area (Å²) in [5.74, 6) is -0.0705. The van der Waals surface area contributed by atoms with Gasteiger partial charge >= 0.3 is 0 Å². The summed E-state index contributed by atoms with van der Waals surface area (Å²) in [6.07, 6.45) is 0. The first-order valence-electron chi connectivity index (χ1n) is 9.50. The van der Waals surface area contributed by atoms with Gasteiger partial charge in [-0.05, 0) is 45.0 Å². The van der Waals surface area contributed by atoms with Crippen molar-refractivity contribution in [1.29, 1.82) is 0 Å². The van der Waals surface area contributed by atoms with Gasteiger partial charge < -0.3 is 15.5 Å². The van der Waals surface area contributed by atoms with Gasteiger partial charge in [0.05, 0.1) is 6.54 Å². The molecular formula is C20H26ClN5O2S. The monoisotopic (exact) mass is 435 g/mol. The van der Waals surface area contributed by atoms with Crippen LogP contribution in [0.1, 0.15) is 31.3 Å². The Labute approximate surface area is 180 Å². The molecule has 1 aromatic carbocycles. The first-order valence-corrected chi connectivity index (χ1v) is 10.8. The van der Waals surface area contributed by atoms with Gasteiger partial charge in [0.2, 0.25) is 5.91 Å². The van der Waals surface area contributed by atoms with E-state index in [9.17, 15) is 9.59 Å². The van der Waals surface area contributed by atoms with Crippen LogP contribution in [0, 0.1) is 0 Å². The van der Waals surface area contributed by atoms with E-state index in [-0.39, 0.29) is 17.4 Å². The van der Waals surface area contributed by atoms with Crippen molar-refractivity contribution in [3.8, 4) is 0 Å². The van der Waals surface area contributed by atoms with Gasteiger partial charge in [-0.1, -0.05) is 11.6 Å². The largest absolute Gasteiger partial charge is 0.350 e. The Hall–Kier alpha value is -2.16. The van der Waals surface area contributed by atoms with Crippen LogP contribution in [0.25, 0.3) is 0 Å². The van der Waals surface area contributed by atoms with E-state index in [2.05, 4.69) is 20.5 Å². The number of carbonyl (C=O) groups excluding carboxylic acids is 2. The molecule has 0 aliphatic carbocycles. The molecule has 2 aromatic rings. The van der Waals surface area contributed by atoms with Crippen LogP contribution >= 0.6 is 22.9 Å². The van der Waals surface area contributed by atoms with Gasteiger partial charge in [0.25, 0.3) is 5.91 Å². The summed E-state index contributed by atoms with van der Waals surface area (Å²) in [4.78, 5) is 33.1. The minimum absolute atomic E-state index is 0.00898. The van der Waals surface area contributed by atoms with Gasteiger partial charge in [0, 0.05) is 47.8 Å². The summed E-state index contributed by atoms with van der Waals surface area (Å²) in [5.41, 5.74) is 1.06. The van der Waals surface area contributed by atoms with E-state index in [0.717, 1.165) is 5.69 Å². The molecule has 9 heteroatoms. The Bertz CT molecular complexity index is 855. The Kier molecular flexibility index (Phi) is 6.77. The van der Waals surface area contributed by atoms with Crippen molar-refractivity contribution in [2.24, 2.45) is 0 Å². The molecule has 1 saturated heterocycles. The molecule has 0 spiro atoms. The highest BCUT2D eigenvalue weighted by atomic mass is 35.5. The normalized spacial score (nSPS) is 15.2. The number of carbonyl (C=O) groups is 2. The second-order valence-electron chi connectivity index (χ2n) is 8.04. The zero-order chi connectivity index (χ0) is 21.0. The van der Waals surface area contributed by atoms with Crippen LogP contribution in [-0.2, 0) is 4.79 Å². The third-order valence-electron chi connectivity index (χ3n) is 4.36. The lowest BCUT2D eigenvalue weighted by Crippen LogP contribution is -2.52. The number of rotatable bonds is 5. The van der Waals surface area contributed by atoms with Gasteiger partial charge in [0.15, 0.2) is 5.13 Å². The van der Waals surface area contributed by atoms with Crippen molar-refractivity contribution in [1.82, 2.24) is 20.1 Å². The minimum atomic E-state index is -0.239. The molecule has 7 nitrogen and oxygen atoms in total. The first-order chi connectivity index (χ1) is 13.7. The number of piperazine rings is 1. The summed E-state index contributed by atoms with van der Waals surface area (Å²) in [5, 5.41) is 9.24. The summed E-state index contributed by atoms with van der Waals surface area (Å²) in [6.45, 7) is 8.75. The quantitative estimate of drug-likeness (QED) is 0.754. The summed E-state index contributed by atoms with van der Waals surface area (Å²) in [6, 6.07) is 7.32. The second-order valence-corrected chi connectivity index (χ2v) is 9.33. The number of anilines is 2. The van der Waals surface area contributed by atoms with Crippen molar-refractivity contribution in [2.75, 3.05) is 38.0 Å². The molecule has 29 heavy (non-hydrogen) atoms. The lowest BCUT2D eigenvalue weighted by Gasteiger charge is -2.34. The first kappa shape index (κ1) is 21.5. The molecule has 0 saturated carbocycles. The number of nitrogens with zero attached hydrogens (tertiary/aromatic N) is 3. The van der Waals surface area contributed by atoms with Crippen LogP contribution in [0.3, 0.4) is 0 Å². The highest BCUT2D eigenvalue weighted by Gasteiger charge is 2.25. The topological polar surface area (TPSA) is 77.6 Å². The lowest BCUT2D eigenvalue weighted by atomic mass is 10.1. The number of hydrogen-bond donors (Lipinski definition) is 2. The van der Waals surface area contributed by atoms with Crippen molar-refractivity contribution < 1.29 is 9.59 Å². The van der Waals surface area contributed by atoms with Gasteiger partial charge in [0.1, 0.15) is 5.69 Å². The fourth-order valence-corrected chi connectivity index (χ4v) is 3.85. The highest BCUT2D eigenvalue weighted by Crippen LogP contribution is 2.23. The van der Waals surface area contributed by atoms with E-state index in [4.69, 9.17) is 11.6 Å². The van der Waals surface area contributed by atoms with Gasteiger partial charge in [-0.3, -0.25) is 14.5 Å². The van der Waals surface area contributed by atoms with E-state index in [0.29, 0.717) is 48.6 Å².